The molecule has 0 aliphatic rings. The van der Waals surface area contributed by atoms with Crippen LogP contribution in [0, 0.1) is 13.8 Å². The third-order valence-corrected chi connectivity index (χ3v) is 4.95. The minimum Gasteiger partial charge on any atom is -0.398 e. The Labute approximate surface area is 110 Å². The molecule has 0 heterocycles. The number of nitrogens with two attached hydrogens (primary N) is 1. The highest BCUT2D eigenvalue weighted by atomic mass is 32.2. The number of nitrogen functional groups attached to an aromatic ring is 1. The number of sulfonamides is 1. The van der Waals surface area contributed by atoms with Crippen molar-refractivity contribution in [1.82, 2.24) is 4.72 Å². The first-order chi connectivity index (χ1) is 8.09. The Morgan fingerprint density at radius 2 is 1.83 bits per heavy atom. The molecule has 1 rings (SSSR count). The third kappa shape index (κ3) is 3.23. The molecule has 3 N–H and O–H groups in total. The summed E-state index contributed by atoms with van der Waals surface area (Å²) in [4.78, 5) is 0.265. The van der Waals surface area contributed by atoms with E-state index in [1.807, 2.05) is 27.7 Å². The minimum absolute atomic E-state index is 0.265. The van der Waals surface area contributed by atoms with Crippen LogP contribution < -0.4 is 10.5 Å². The maximum Gasteiger partial charge on any atom is 0.241 e. The number of aryl methyl sites for hydroxylation is 1. The lowest BCUT2D eigenvalue weighted by molar-refractivity contribution is 0.439. The summed E-state index contributed by atoms with van der Waals surface area (Å²) in [5.41, 5.74) is 7.30. The summed E-state index contributed by atoms with van der Waals surface area (Å²) in [5, 5.41) is 0. The van der Waals surface area contributed by atoms with Crippen LogP contribution in [0.2, 0.25) is 0 Å². The van der Waals surface area contributed by atoms with E-state index in [1.54, 1.807) is 19.1 Å². The largest absolute Gasteiger partial charge is 0.398 e. The van der Waals surface area contributed by atoms with Crippen molar-refractivity contribution in [3.8, 4) is 0 Å². The smallest absolute Gasteiger partial charge is 0.241 e. The van der Waals surface area contributed by atoms with E-state index in [2.05, 4.69) is 4.72 Å². The standard InChI is InChI=1S/C13H22N2O2S/c1-6-13(4,5)15-18(16,17)12-8-9(2)7-11(14)10(12)3/h7-8,15H,6,14H2,1-5H3. The van der Waals surface area contributed by atoms with Crippen LogP contribution in [0.5, 0.6) is 0 Å². The molecule has 0 bridgehead atoms. The summed E-state index contributed by atoms with van der Waals surface area (Å²) in [6, 6.07) is 3.43. The second-order valence-electron chi connectivity index (χ2n) is 5.32. The Bertz CT molecular complexity index is 548. The van der Waals surface area contributed by atoms with Gasteiger partial charge in [0.2, 0.25) is 10.0 Å². The first kappa shape index (κ1) is 15.0. The number of nitrogens with one attached hydrogen (secondary N) is 1. The van der Waals surface area contributed by atoms with E-state index in [0.29, 0.717) is 17.7 Å². The quantitative estimate of drug-likeness (QED) is 0.825. The minimum atomic E-state index is -3.54. The fourth-order valence-electron chi connectivity index (χ4n) is 1.62. The van der Waals surface area contributed by atoms with Gasteiger partial charge in [-0.25, -0.2) is 13.1 Å². The average molecular weight is 270 g/mol. The SMILES string of the molecule is CCC(C)(C)NS(=O)(=O)c1cc(C)cc(N)c1C. The predicted octanol–water partition coefficient (Wildman–Crippen LogP) is 2.35. The van der Waals surface area contributed by atoms with Gasteiger partial charge in [0.15, 0.2) is 0 Å². The fraction of sp³-hybridized carbons (Fsp3) is 0.538. The van der Waals surface area contributed by atoms with Gasteiger partial charge in [-0.2, -0.15) is 0 Å². The van der Waals surface area contributed by atoms with Crippen molar-refractivity contribution >= 4 is 15.7 Å². The van der Waals surface area contributed by atoms with Crippen molar-refractivity contribution in [1.29, 1.82) is 0 Å². The zero-order valence-corrected chi connectivity index (χ0v) is 12.5. The van der Waals surface area contributed by atoms with Crippen LogP contribution in [0.4, 0.5) is 5.69 Å². The van der Waals surface area contributed by atoms with E-state index >= 15 is 0 Å². The lowest BCUT2D eigenvalue weighted by Crippen LogP contribution is -2.42. The lowest BCUT2D eigenvalue weighted by Gasteiger charge is -2.25. The Hall–Kier alpha value is -1.07. The van der Waals surface area contributed by atoms with E-state index < -0.39 is 15.6 Å². The molecule has 0 aliphatic carbocycles. The Kier molecular flexibility index (Phi) is 4.08. The molecule has 1 aromatic carbocycles. The molecule has 0 aromatic heterocycles. The second kappa shape index (κ2) is 4.90. The molecule has 0 amide bonds. The van der Waals surface area contributed by atoms with Crippen LogP contribution in [-0.4, -0.2) is 14.0 Å². The van der Waals surface area contributed by atoms with E-state index in [4.69, 9.17) is 5.73 Å². The van der Waals surface area contributed by atoms with Crippen LogP contribution in [0.3, 0.4) is 0 Å². The highest BCUT2D eigenvalue weighted by molar-refractivity contribution is 7.89. The van der Waals surface area contributed by atoms with E-state index in [0.717, 1.165) is 5.56 Å². The number of rotatable bonds is 4. The summed E-state index contributed by atoms with van der Waals surface area (Å²) in [6.07, 6.45) is 0.715. The van der Waals surface area contributed by atoms with Gasteiger partial charge >= 0.3 is 0 Å². The molecule has 102 valence electrons. The fourth-order valence-corrected chi connectivity index (χ4v) is 3.47. The molecule has 0 radical (unpaired) electrons. The number of anilines is 1. The Morgan fingerprint density at radius 1 is 1.28 bits per heavy atom. The summed E-state index contributed by atoms with van der Waals surface area (Å²) in [5.74, 6) is 0. The maximum absolute atomic E-state index is 12.4. The van der Waals surface area contributed by atoms with Crippen molar-refractivity contribution in [2.75, 3.05) is 5.73 Å². The molecule has 0 aliphatic heterocycles. The van der Waals surface area contributed by atoms with E-state index in [-0.39, 0.29) is 4.90 Å². The molecular formula is C13H22N2O2S. The number of hydrogen-bond acceptors (Lipinski definition) is 3. The highest BCUT2D eigenvalue weighted by Gasteiger charge is 2.26. The topological polar surface area (TPSA) is 72.2 Å². The van der Waals surface area contributed by atoms with Crippen molar-refractivity contribution < 1.29 is 8.42 Å². The molecule has 0 spiro atoms. The van der Waals surface area contributed by atoms with E-state index in [9.17, 15) is 8.42 Å². The lowest BCUT2D eigenvalue weighted by atomic mass is 10.0. The molecule has 0 fully saturated rings. The first-order valence-electron chi connectivity index (χ1n) is 6.00. The van der Waals surface area contributed by atoms with Gasteiger partial charge in [0, 0.05) is 11.2 Å². The summed E-state index contributed by atoms with van der Waals surface area (Å²) in [6.45, 7) is 9.22. The molecule has 0 saturated carbocycles. The van der Waals surface area contributed by atoms with Gasteiger partial charge in [-0.05, 0) is 57.4 Å². The second-order valence-corrected chi connectivity index (χ2v) is 6.97. The summed E-state index contributed by atoms with van der Waals surface area (Å²) in [7, 11) is -3.54. The zero-order valence-electron chi connectivity index (χ0n) is 11.7. The Morgan fingerprint density at radius 3 is 2.33 bits per heavy atom. The Balaban J connectivity index is 3.30. The van der Waals surface area contributed by atoms with Crippen molar-refractivity contribution in [3.05, 3.63) is 23.3 Å². The normalized spacial score (nSPS) is 12.7. The third-order valence-electron chi connectivity index (χ3n) is 3.13. The van der Waals surface area contributed by atoms with Gasteiger partial charge in [-0.15, -0.1) is 0 Å². The van der Waals surface area contributed by atoms with Crippen LogP contribution in [0.25, 0.3) is 0 Å². The van der Waals surface area contributed by atoms with Gasteiger partial charge in [-0.3, -0.25) is 0 Å². The number of benzene rings is 1. The van der Waals surface area contributed by atoms with E-state index in [1.165, 1.54) is 0 Å². The summed E-state index contributed by atoms with van der Waals surface area (Å²) >= 11 is 0. The zero-order chi connectivity index (χ0) is 14.1. The monoisotopic (exact) mass is 270 g/mol. The predicted molar refractivity (Wildman–Crippen MR) is 75.0 cm³/mol. The van der Waals surface area contributed by atoms with Gasteiger partial charge in [0.25, 0.3) is 0 Å². The number of hydrogen-bond donors (Lipinski definition) is 2. The molecule has 1 aromatic rings. The molecular weight excluding hydrogens is 248 g/mol. The van der Waals surface area contributed by atoms with Crippen LogP contribution >= 0.6 is 0 Å². The maximum atomic E-state index is 12.4. The molecule has 4 nitrogen and oxygen atoms in total. The van der Waals surface area contributed by atoms with Crippen molar-refractivity contribution in [2.24, 2.45) is 0 Å². The average Bonchev–Trinajstić information content (AvgIpc) is 2.21. The van der Waals surface area contributed by atoms with Crippen LogP contribution in [-0.2, 0) is 10.0 Å². The molecule has 5 heteroatoms. The van der Waals surface area contributed by atoms with Crippen molar-refractivity contribution in [3.63, 3.8) is 0 Å². The highest BCUT2D eigenvalue weighted by Crippen LogP contribution is 2.24. The molecule has 0 saturated heterocycles. The van der Waals surface area contributed by atoms with Gasteiger partial charge < -0.3 is 5.73 Å². The van der Waals surface area contributed by atoms with Gasteiger partial charge in [0.1, 0.15) is 0 Å². The van der Waals surface area contributed by atoms with Crippen LogP contribution in [0.15, 0.2) is 17.0 Å². The molecule has 0 atom stereocenters. The van der Waals surface area contributed by atoms with Gasteiger partial charge in [0.05, 0.1) is 4.90 Å². The van der Waals surface area contributed by atoms with Gasteiger partial charge in [-0.1, -0.05) is 6.92 Å². The molecule has 18 heavy (non-hydrogen) atoms. The molecule has 0 unspecified atom stereocenters. The first-order valence-corrected chi connectivity index (χ1v) is 7.48. The summed E-state index contributed by atoms with van der Waals surface area (Å²) < 4.78 is 27.4. The van der Waals surface area contributed by atoms with Crippen molar-refractivity contribution in [2.45, 2.75) is 51.5 Å². The van der Waals surface area contributed by atoms with Crippen LogP contribution in [0.1, 0.15) is 38.3 Å².